The van der Waals surface area contributed by atoms with Crippen LogP contribution >= 0.6 is 0 Å². The third kappa shape index (κ3) is 5.38. The summed E-state index contributed by atoms with van der Waals surface area (Å²) in [6.45, 7) is 7.58. The molecule has 1 aromatic rings. The van der Waals surface area contributed by atoms with Crippen LogP contribution in [0.2, 0.25) is 0 Å². The second kappa shape index (κ2) is 9.27. The molecule has 0 N–H and O–H groups in total. The van der Waals surface area contributed by atoms with Gasteiger partial charge in [-0.25, -0.2) is 18.4 Å². The second-order valence-corrected chi connectivity index (χ2v) is 8.45. The van der Waals surface area contributed by atoms with E-state index in [0.717, 1.165) is 12.2 Å². The summed E-state index contributed by atoms with van der Waals surface area (Å²) in [5.41, 5.74) is 0. The molecule has 1 aromatic heterocycles. The van der Waals surface area contributed by atoms with Gasteiger partial charge in [0.1, 0.15) is 5.82 Å². The minimum absolute atomic E-state index is 0.186. The Kier molecular flexibility index (Phi) is 7.33. The Bertz CT molecular complexity index is 702. The van der Waals surface area contributed by atoms with Gasteiger partial charge in [0.2, 0.25) is 10.0 Å². The molecule has 1 aliphatic rings. The topological polar surface area (TPSA) is 92.7 Å². The number of sulfonamides is 1. The first-order chi connectivity index (χ1) is 12.4. The molecule has 8 nitrogen and oxygen atoms in total. The van der Waals surface area contributed by atoms with Crippen LogP contribution in [0.3, 0.4) is 0 Å². The van der Waals surface area contributed by atoms with Crippen molar-refractivity contribution in [2.24, 2.45) is 0 Å². The number of esters is 1. The highest BCUT2D eigenvalue weighted by atomic mass is 32.2. The van der Waals surface area contributed by atoms with E-state index < -0.39 is 16.1 Å². The number of hydrogen-bond donors (Lipinski definition) is 0. The Labute approximate surface area is 155 Å². The summed E-state index contributed by atoms with van der Waals surface area (Å²) in [7, 11) is -3.16. The summed E-state index contributed by atoms with van der Waals surface area (Å²) >= 11 is 0. The predicted octanol–water partition coefficient (Wildman–Crippen LogP) is 1.74. The van der Waals surface area contributed by atoms with E-state index in [9.17, 15) is 13.2 Å². The van der Waals surface area contributed by atoms with Crippen molar-refractivity contribution >= 4 is 21.8 Å². The van der Waals surface area contributed by atoms with Gasteiger partial charge < -0.3 is 9.64 Å². The van der Waals surface area contributed by atoms with Crippen molar-refractivity contribution in [1.29, 1.82) is 0 Å². The number of aromatic nitrogens is 2. The highest BCUT2D eigenvalue weighted by Gasteiger charge is 2.27. The highest BCUT2D eigenvalue weighted by Crippen LogP contribution is 2.19. The van der Waals surface area contributed by atoms with E-state index in [0.29, 0.717) is 44.8 Å². The maximum absolute atomic E-state index is 12.2. The average molecular weight is 385 g/mol. The maximum atomic E-state index is 12.2. The van der Waals surface area contributed by atoms with Crippen LogP contribution in [0.1, 0.15) is 52.0 Å². The van der Waals surface area contributed by atoms with Crippen LogP contribution in [-0.4, -0.2) is 60.6 Å². The Morgan fingerprint density at radius 3 is 2.54 bits per heavy atom. The molecule has 0 spiro atoms. The smallest absolute Gasteiger partial charge is 0.306 e. The van der Waals surface area contributed by atoms with Gasteiger partial charge >= 0.3 is 5.97 Å². The molecule has 2 heterocycles. The van der Waals surface area contributed by atoms with Crippen LogP contribution in [0.15, 0.2) is 12.3 Å². The SMILES string of the molecule is CCCC(=O)O[C@H](C)c1nccc(N2CCN(S(=O)(=O)CCC)CC2)n1. The van der Waals surface area contributed by atoms with E-state index >= 15 is 0 Å². The van der Waals surface area contributed by atoms with Crippen molar-refractivity contribution in [3.63, 3.8) is 0 Å². The first-order valence-electron chi connectivity index (χ1n) is 9.12. The quantitative estimate of drug-likeness (QED) is 0.630. The minimum Gasteiger partial charge on any atom is -0.454 e. The summed E-state index contributed by atoms with van der Waals surface area (Å²) in [5.74, 6) is 1.10. The number of carbonyl (C=O) groups excluding carboxylic acids is 1. The van der Waals surface area contributed by atoms with Gasteiger partial charge in [0.05, 0.1) is 5.75 Å². The molecule has 9 heteroatoms. The molecule has 146 valence electrons. The number of nitrogens with zero attached hydrogens (tertiary/aromatic N) is 4. The van der Waals surface area contributed by atoms with Crippen LogP contribution in [0, 0.1) is 0 Å². The highest BCUT2D eigenvalue weighted by molar-refractivity contribution is 7.89. The molecule has 0 unspecified atom stereocenters. The second-order valence-electron chi connectivity index (χ2n) is 6.36. The third-order valence-electron chi connectivity index (χ3n) is 4.20. The molecule has 0 aromatic carbocycles. The van der Waals surface area contributed by atoms with Gasteiger partial charge in [-0.2, -0.15) is 4.31 Å². The standard InChI is InChI=1S/C17H28N4O4S/c1-4-6-16(22)25-14(3)17-18-8-7-15(19-17)20-9-11-21(12-10-20)26(23,24)13-5-2/h7-8,14H,4-6,9-13H2,1-3H3/t14-/m1/s1. The first kappa shape index (κ1) is 20.6. The Balaban J connectivity index is 2.00. The molecular formula is C17H28N4O4S. The van der Waals surface area contributed by atoms with Gasteiger partial charge in [-0.1, -0.05) is 13.8 Å². The Morgan fingerprint density at radius 2 is 1.92 bits per heavy atom. The monoisotopic (exact) mass is 384 g/mol. The van der Waals surface area contributed by atoms with E-state index in [1.807, 2.05) is 18.7 Å². The zero-order valence-corrected chi connectivity index (χ0v) is 16.5. The molecule has 26 heavy (non-hydrogen) atoms. The van der Waals surface area contributed by atoms with Crippen LogP contribution in [0.5, 0.6) is 0 Å². The minimum atomic E-state index is -3.16. The molecule has 2 rings (SSSR count). The predicted molar refractivity (Wildman–Crippen MR) is 99.3 cm³/mol. The van der Waals surface area contributed by atoms with E-state index in [-0.39, 0.29) is 11.7 Å². The van der Waals surface area contributed by atoms with Gasteiger partial charge in [0.15, 0.2) is 11.9 Å². The summed E-state index contributed by atoms with van der Waals surface area (Å²) < 4.78 is 31.2. The first-order valence-corrected chi connectivity index (χ1v) is 10.7. The van der Waals surface area contributed by atoms with E-state index in [2.05, 4.69) is 9.97 Å². The number of anilines is 1. The lowest BCUT2D eigenvalue weighted by molar-refractivity contribution is -0.149. The van der Waals surface area contributed by atoms with Crippen LogP contribution in [-0.2, 0) is 19.6 Å². The molecule has 0 radical (unpaired) electrons. The number of carbonyl (C=O) groups is 1. The fourth-order valence-electron chi connectivity index (χ4n) is 2.83. The largest absolute Gasteiger partial charge is 0.454 e. The van der Waals surface area contributed by atoms with Crippen molar-refractivity contribution in [1.82, 2.24) is 14.3 Å². The third-order valence-corrected chi connectivity index (χ3v) is 6.28. The molecule has 0 aliphatic carbocycles. The number of hydrogen-bond acceptors (Lipinski definition) is 7. The fraction of sp³-hybridized carbons (Fsp3) is 0.706. The van der Waals surface area contributed by atoms with Gasteiger partial charge in [0, 0.05) is 38.8 Å². The van der Waals surface area contributed by atoms with Gasteiger partial charge in [-0.3, -0.25) is 4.79 Å². The Morgan fingerprint density at radius 1 is 1.23 bits per heavy atom. The van der Waals surface area contributed by atoms with Crippen molar-refractivity contribution in [3.05, 3.63) is 18.1 Å². The lowest BCUT2D eigenvalue weighted by Gasteiger charge is -2.34. The van der Waals surface area contributed by atoms with Crippen molar-refractivity contribution < 1.29 is 17.9 Å². The number of piperazine rings is 1. The molecule has 1 saturated heterocycles. The zero-order valence-electron chi connectivity index (χ0n) is 15.7. The summed E-state index contributed by atoms with van der Waals surface area (Å²) in [6.07, 6.45) is 2.85. The van der Waals surface area contributed by atoms with E-state index in [4.69, 9.17) is 4.74 Å². The number of ether oxygens (including phenoxy) is 1. The summed E-state index contributed by atoms with van der Waals surface area (Å²) in [6, 6.07) is 1.79. The van der Waals surface area contributed by atoms with E-state index in [1.165, 1.54) is 0 Å². The molecule has 1 fully saturated rings. The van der Waals surface area contributed by atoms with E-state index in [1.54, 1.807) is 23.5 Å². The van der Waals surface area contributed by atoms with Crippen LogP contribution in [0.25, 0.3) is 0 Å². The summed E-state index contributed by atoms with van der Waals surface area (Å²) in [5, 5.41) is 0. The lowest BCUT2D eigenvalue weighted by atomic mass is 10.3. The van der Waals surface area contributed by atoms with Gasteiger partial charge in [-0.05, 0) is 25.8 Å². The molecule has 0 amide bonds. The van der Waals surface area contributed by atoms with Gasteiger partial charge in [0.25, 0.3) is 0 Å². The summed E-state index contributed by atoms with van der Waals surface area (Å²) in [4.78, 5) is 22.4. The van der Waals surface area contributed by atoms with Crippen molar-refractivity contribution in [3.8, 4) is 0 Å². The molecule has 0 bridgehead atoms. The average Bonchev–Trinajstić information content (AvgIpc) is 2.62. The van der Waals surface area contributed by atoms with Crippen molar-refractivity contribution in [2.75, 3.05) is 36.8 Å². The van der Waals surface area contributed by atoms with Crippen molar-refractivity contribution in [2.45, 2.75) is 46.1 Å². The van der Waals surface area contributed by atoms with Crippen LogP contribution in [0.4, 0.5) is 5.82 Å². The number of rotatable bonds is 8. The maximum Gasteiger partial charge on any atom is 0.306 e. The molecule has 1 aliphatic heterocycles. The zero-order chi connectivity index (χ0) is 19.2. The normalized spacial score (nSPS) is 17.1. The molecule has 1 atom stereocenters. The molecular weight excluding hydrogens is 356 g/mol. The molecule has 0 saturated carbocycles. The van der Waals surface area contributed by atoms with Gasteiger partial charge in [-0.15, -0.1) is 0 Å². The lowest BCUT2D eigenvalue weighted by Crippen LogP contribution is -2.49. The van der Waals surface area contributed by atoms with Crippen LogP contribution < -0.4 is 4.90 Å². The Hall–Kier alpha value is -1.74. The fourth-order valence-corrected chi connectivity index (χ4v) is 4.32.